The van der Waals surface area contributed by atoms with E-state index in [1.807, 2.05) is 0 Å². The fourth-order valence-electron chi connectivity index (χ4n) is 3.47. The first kappa shape index (κ1) is 14.3. The van der Waals surface area contributed by atoms with Crippen LogP contribution >= 0.6 is 0 Å². The van der Waals surface area contributed by atoms with E-state index in [0.29, 0.717) is 29.8 Å². The minimum absolute atomic E-state index is 0.0780. The Morgan fingerprint density at radius 1 is 1.43 bits per heavy atom. The van der Waals surface area contributed by atoms with E-state index in [1.54, 1.807) is 12.1 Å². The lowest BCUT2D eigenvalue weighted by Gasteiger charge is -2.21. The predicted molar refractivity (Wildman–Crippen MR) is 78.8 cm³/mol. The zero-order valence-corrected chi connectivity index (χ0v) is 11.9. The number of hydrogen-bond donors (Lipinski definition) is 3. The second kappa shape index (κ2) is 5.99. The van der Waals surface area contributed by atoms with Crippen LogP contribution in [0.15, 0.2) is 23.4 Å². The van der Waals surface area contributed by atoms with Gasteiger partial charge < -0.3 is 16.3 Å². The number of nitrogens with one attached hydrogen (secondary N) is 1. The van der Waals surface area contributed by atoms with Crippen LogP contribution in [0.5, 0.6) is 0 Å². The Hall–Kier alpha value is -1.66. The molecule has 21 heavy (non-hydrogen) atoms. The normalized spacial score (nSPS) is 26.2. The number of nitrogens with zero attached hydrogens (tertiary/aromatic N) is 2. The highest BCUT2D eigenvalue weighted by Gasteiger charge is 2.36. The Morgan fingerprint density at radius 3 is 3.05 bits per heavy atom. The molecule has 0 amide bonds. The van der Waals surface area contributed by atoms with Crippen molar-refractivity contribution >= 4 is 5.84 Å². The SMILES string of the molecule is NC(=NO)c1ccc(CNC2CCN3CCCC23)c(F)c1. The Labute approximate surface area is 123 Å². The second-order valence-corrected chi connectivity index (χ2v) is 5.81. The molecule has 2 aliphatic rings. The first-order valence-electron chi connectivity index (χ1n) is 7.43. The van der Waals surface area contributed by atoms with E-state index in [1.165, 1.54) is 25.5 Å². The van der Waals surface area contributed by atoms with Gasteiger partial charge in [-0.3, -0.25) is 4.90 Å². The first-order valence-corrected chi connectivity index (χ1v) is 7.43. The third-order valence-electron chi connectivity index (χ3n) is 4.62. The molecule has 0 radical (unpaired) electrons. The van der Waals surface area contributed by atoms with Crippen molar-refractivity contribution in [3.8, 4) is 0 Å². The lowest BCUT2D eigenvalue weighted by Crippen LogP contribution is -2.38. The van der Waals surface area contributed by atoms with E-state index in [4.69, 9.17) is 10.9 Å². The molecule has 2 aliphatic heterocycles. The van der Waals surface area contributed by atoms with Crippen LogP contribution in [-0.2, 0) is 6.54 Å². The van der Waals surface area contributed by atoms with Gasteiger partial charge in [0, 0.05) is 36.3 Å². The van der Waals surface area contributed by atoms with Crippen molar-refractivity contribution in [1.29, 1.82) is 0 Å². The molecule has 2 unspecified atom stereocenters. The van der Waals surface area contributed by atoms with Crippen LogP contribution in [0.1, 0.15) is 30.4 Å². The molecule has 0 saturated carbocycles. The topological polar surface area (TPSA) is 73.9 Å². The second-order valence-electron chi connectivity index (χ2n) is 5.81. The maximum absolute atomic E-state index is 14.0. The standard InChI is InChI=1S/C15H21FN4O/c16-12-8-10(15(17)19-21)3-4-11(12)9-18-13-5-7-20-6-1-2-14(13)20/h3-4,8,13-14,18,21H,1-2,5-7,9H2,(H2,17,19). The minimum Gasteiger partial charge on any atom is -0.409 e. The molecular formula is C15H21FN4O. The van der Waals surface area contributed by atoms with Crippen molar-refractivity contribution in [2.75, 3.05) is 13.1 Å². The van der Waals surface area contributed by atoms with Crippen LogP contribution in [0.3, 0.4) is 0 Å². The molecule has 0 aromatic heterocycles. The molecular weight excluding hydrogens is 271 g/mol. The molecule has 0 aliphatic carbocycles. The molecule has 0 spiro atoms. The molecule has 2 fully saturated rings. The average molecular weight is 292 g/mol. The Morgan fingerprint density at radius 2 is 2.29 bits per heavy atom. The summed E-state index contributed by atoms with van der Waals surface area (Å²) in [6.07, 6.45) is 3.64. The van der Waals surface area contributed by atoms with E-state index in [2.05, 4.69) is 15.4 Å². The molecule has 114 valence electrons. The van der Waals surface area contributed by atoms with E-state index in [9.17, 15) is 4.39 Å². The summed E-state index contributed by atoms with van der Waals surface area (Å²) in [5.74, 6) is -0.404. The van der Waals surface area contributed by atoms with Gasteiger partial charge in [0.05, 0.1) is 0 Å². The lowest BCUT2D eigenvalue weighted by molar-refractivity contribution is 0.298. The summed E-state index contributed by atoms with van der Waals surface area (Å²) in [5.41, 5.74) is 6.46. The monoisotopic (exact) mass is 292 g/mol. The lowest BCUT2D eigenvalue weighted by atomic mass is 10.1. The molecule has 5 nitrogen and oxygen atoms in total. The van der Waals surface area contributed by atoms with Gasteiger partial charge >= 0.3 is 0 Å². The maximum Gasteiger partial charge on any atom is 0.170 e. The smallest absolute Gasteiger partial charge is 0.170 e. The van der Waals surface area contributed by atoms with Gasteiger partial charge in [-0.2, -0.15) is 0 Å². The number of benzene rings is 1. The van der Waals surface area contributed by atoms with Gasteiger partial charge in [-0.05, 0) is 31.9 Å². The molecule has 2 atom stereocenters. The zero-order valence-electron chi connectivity index (χ0n) is 11.9. The highest BCUT2D eigenvalue weighted by molar-refractivity contribution is 5.97. The average Bonchev–Trinajstić information content (AvgIpc) is 3.09. The molecule has 2 saturated heterocycles. The minimum atomic E-state index is -0.326. The van der Waals surface area contributed by atoms with Crippen molar-refractivity contribution in [1.82, 2.24) is 10.2 Å². The third kappa shape index (κ3) is 2.87. The van der Waals surface area contributed by atoms with Gasteiger partial charge in [0.1, 0.15) is 5.82 Å². The van der Waals surface area contributed by atoms with Crippen molar-refractivity contribution in [2.45, 2.75) is 37.9 Å². The van der Waals surface area contributed by atoms with Crippen molar-refractivity contribution < 1.29 is 9.60 Å². The summed E-state index contributed by atoms with van der Waals surface area (Å²) < 4.78 is 14.0. The Balaban J connectivity index is 1.63. The first-order chi connectivity index (χ1) is 10.2. The molecule has 3 rings (SSSR count). The van der Waals surface area contributed by atoms with Crippen molar-refractivity contribution in [3.63, 3.8) is 0 Å². The largest absolute Gasteiger partial charge is 0.409 e. The van der Waals surface area contributed by atoms with Gasteiger partial charge in [-0.15, -0.1) is 0 Å². The van der Waals surface area contributed by atoms with Crippen LogP contribution in [-0.4, -0.2) is 41.1 Å². The number of halogens is 1. The quantitative estimate of drug-likeness (QED) is 0.338. The number of amidine groups is 1. The van der Waals surface area contributed by atoms with E-state index >= 15 is 0 Å². The number of hydrogen-bond acceptors (Lipinski definition) is 4. The van der Waals surface area contributed by atoms with E-state index in [0.717, 1.165) is 13.0 Å². The summed E-state index contributed by atoms with van der Waals surface area (Å²) in [7, 11) is 0. The summed E-state index contributed by atoms with van der Waals surface area (Å²) in [6, 6.07) is 5.74. The highest BCUT2D eigenvalue weighted by Crippen LogP contribution is 2.28. The summed E-state index contributed by atoms with van der Waals surface area (Å²) in [5, 5.41) is 15.0. The number of fused-ring (bicyclic) bond motifs is 1. The van der Waals surface area contributed by atoms with Crippen molar-refractivity contribution in [3.05, 3.63) is 35.1 Å². The molecule has 4 N–H and O–H groups in total. The van der Waals surface area contributed by atoms with Gasteiger partial charge in [-0.25, -0.2) is 4.39 Å². The Kier molecular flexibility index (Phi) is 4.07. The number of oxime groups is 1. The van der Waals surface area contributed by atoms with Crippen LogP contribution in [0.25, 0.3) is 0 Å². The van der Waals surface area contributed by atoms with Crippen LogP contribution in [0.2, 0.25) is 0 Å². The zero-order chi connectivity index (χ0) is 14.8. The van der Waals surface area contributed by atoms with Gasteiger partial charge in [0.2, 0.25) is 0 Å². The van der Waals surface area contributed by atoms with E-state index in [-0.39, 0.29) is 11.7 Å². The van der Waals surface area contributed by atoms with Gasteiger partial charge in [-0.1, -0.05) is 17.3 Å². The molecule has 0 bridgehead atoms. The summed E-state index contributed by atoms with van der Waals surface area (Å²) >= 11 is 0. The van der Waals surface area contributed by atoms with Crippen LogP contribution in [0.4, 0.5) is 4.39 Å². The van der Waals surface area contributed by atoms with Gasteiger partial charge in [0.15, 0.2) is 5.84 Å². The van der Waals surface area contributed by atoms with Crippen LogP contribution in [0, 0.1) is 5.82 Å². The molecule has 6 heteroatoms. The maximum atomic E-state index is 14.0. The molecule has 1 aromatic carbocycles. The third-order valence-corrected chi connectivity index (χ3v) is 4.62. The Bertz CT molecular complexity index is 548. The fourth-order valence-corrected chi connectivity index (χ4v) is 3.47. The number of rotatable bonds is 4. The predicted octanol–water partition coefficient (Wildman–Crippen LogP) is 1.25. The summed E-state index contributed by atoms with van der Waals surface area (Å²) in [4.78, 5) is 2.52. The van der Waals surface area contributed by atoms with Crippen LogP contribution < -0.4 is 11.1 Å². The number of nitrogens with two attached hydrogens (primary N) is 1. The van der Waals surface area contributed by atoms with E-state index < -0.39 is 0 Å². The molecule has 1 aromatic rings. The van der Waals surface area contributed by atoms with Gasteiger partial charge in [0.25, 0.3) is 0 Å². The molecule has 2 heterocycles. The fraction of sp³-hybridized carbons (Fsp3) is 0.533. The van der Waals surface area contributed by atoms with Crippen molar-refractivity contribution in [2.24, 2.45) is 10.9 Å². The highest BCUT2D eigenvalue weighted by atomic mass is 19.1. The summed E-state index contributed by atoms with van der Waals surface area (Å²) in [6.45, 7) is 2.86.